The number of carbonyl (C=O) groups is 1. The number of ether oxygens (including phenoxy) is 3. The van der Waals surface area contributed by atoms with Gasteiger partial charge < -0.3 is 19.3 Å². The molecule has 0 aromatic heterocycles. The fourth-order valence-electron chi connectivity index (χ4n) is 1.74. The summed E-state index contributed by atoms with van der Waals surface area (Å²) >= 11 is 0. The third-order valence-electron chi connectivity index (χ3n) is 2.59. The van der Waals surface area contributed by atoms with Crippen molar-refractivity contribution in [2.45, 2.75) is 25.7 Å². The Morgan fingerprint density at radius 1 is 1.50 bits per heavy atom. The molecule has 0 aliphatic carbocycles. The topological polar surface area (TPSA) is 65.0 Å². The van der Waals surface area contributed by atoms with Gasteiger partial charge in [-0.3, -0.25) is 0 Å². The summed E-state index contributed by atoms with van der Waals surface area (Å²) in [6, 6.07) is 6.25. The van der Waals surface area contributed by atoms with Gasteiger partial charge in [-0.25, -0.2) is 4.79 Å². The number of hydrogen-bond acceptors (Lipinski definition) is 5. The van der Waals surface area contributed by atoms with Gasteiger partial charge in [0.2, 0.25) is 0 Å². The molecule has 0 bridgehead atoms. The van der Waals surface area contributed by atoms with E-state index in [4.69, 9.17) is 14.2 Å². The number of benzene rings is 1. The lowest BCUT2D eigenvalue weighted by Crippen LogP contribution is -2.25. The lowest BCUT2D eigenvalue weighted by molar-refractivity contribution is -0.142. The second-order valence-corrected chi connectivity index (χ2v) is 4.57. The highest BCUT2D eigenvalue weighted by molar-refractivity contribution is 5.92. The molecule has 98 valence electrons. The minimum Gasteiger partial charge on any atom is -0.507 e. The average Bonchev–Trinajstić information content (AvgIpc) is 2.66. The molecule has 1 unspecified atom stereocenters. The molecule has 18 heavy (non-hydrogen) atoms. The number of phenols is 1. The molecule has 1 aliphatic rings. The lowest BCUT2D eigenvalue weighted by atomic mass is 10.2. The van der Waals surface area contributed by atoms with Gasteiger partial charge in [0, 0.05) is 0 Å². The predicted octanol–water partition coefficient (Wildman–Crippen LogP) is 1.70. The molecule has 1 aliphatic heterocycles. The van der Waals surface area contributed by atoms with Crippen LogP contribution in [0.15, 0.2) is 24.3 Å². The first kappa shape index (κ1) is 12.9. The molecule has 1 atom stereocenters. The Labute approximate surface area is 105 Å². The van der Waals surface area contributed by atoms with Crippen LogP contribution in [0.4, 0.5) is 0 Å². The van der Waals surface area contributed by atoms with E-state index in [0.29, 0.717) is 6.61 Å². The molecule has 1 saturated heterocycles. The maximum atomic E-state index is 11.7. The zero-order valence-electron chi connectivity index (χ0n) is 10.4. The van der Waals surface area contributed by atoms with Gasteiger partial charge in [-0.15, -0.1) is 0 Å². The summed E-state index contributed by atoms with van der Waals surface area (Å²) < 4.78 is 15.9. The van der Waals surface area contributed by atoms with Crippen molar-refractivity contribution in [3.05, 3.63) is 29.8 Å². The fourth-order valence-corrected chi connectivity index (χ4v) is 1.74. The highest BCUT2D eigenvalue weighted by Gasteiger charge is 2.33. The number of para-hydroxylation sites is 1. The molecular formula is C13H16O5. The van der Waals surface area contributed by atoms with Crippen molar-refractivity contribution in [3.63, 3.8) is 0 Å². The van der Waals surface area contributed by atoms with Crippen LogP contribution in [0.1, 0.15) is 24.2 Å². The van der Waals surface area contributed by atoms with E-state index in [9.17, 15) is 9.90 Å². The van der Waals surface area contributed by atoms with E-state index in [2.05, 4.69) is 0 Å². The zero-order valence-corrected chi connectivity index (χ0v) is 10.4. The standard InChI is InChI=1S/C13H16O5/c1-13(2)17-8-9(18-13)7-16-12(15)10-5-3-4-6-11(10)14/h3-6,9,14H,7-8H2,1-2H3. The van der Waals surface area contributed by atoms with Crippen molar-refractivity contribution in [1.82, 2.24) is 0 Å². The normalized spacial score (nSPS) is 21.8. The second kappa shape index (κ2) is 4.96. The van der Waals surface area contributed by atoms with Crippen LogP contribution in [0.5, 0.6) is 5.75 Å². The molecule has 0 amide bonds. The van der Waals surface area contributed by atoms with Crippen LogP contribution in [0.2, 0.25) is 0 Å². The van der Waals surface area contributed by atoms with Crippen LogP contribution in [0, 0.1) is 0 Å². The maximum Gasteiger partial charge on any atom is 0.342 e. The maximum absolute atomic E-state index is 11.7. The Bertz CT molecular complexity index is 441. The zero-order chi connectivity index (χ0) is 13.2. The van der Waals surface area contributed by atoms with Crippen molar-refractivity contribution < 1.29 is 24.1 Å². The SMILES string of the molecule is CC1(C)OCC(COC(=O)c2ccccc2O)O1. The number of aromatic hydroxyl groups is 1. The van der Waals surface area contributed by atoms with Crippen LogP contribution in [0.3, 0.4) is 0 Å². The first-order valence-corrected chi connectivity index (χ1v) is 5.75. The van der Waals surface area contributed by atoms with Crippen LogP contribution >= 0.6 is 0 Å². The molecule has 0 spiro atoms. The quantitative estimate of drug-likeness (QED) is 0.829. The largest absolute Gasteiger partial charge is 0.507 e. The van der Waals surface area contributed by atoms with Gasteiger partial charge in [0.15, 0.2) is 5.79 Å². The van der Waals surface area contributed by atoms with E-state index in [1.807, 2.05) is 0 Å². The molecular weight excluding hydrogens is 236 g/mol. The Kier molecular flexibility index (Phi) is 3.54. The summed E-state index contributed by atoms with van der Waals surface area (Å²) in [7, 11) is 0. The highest BCUT2D eigenvalue weighted by atomic mass is 16.7. The Balaban J connectivity index is 1.88. The molecule has 1 N–H and O–H groups in total. The summed E-state index contributed by atoms with van der Waals surface area (Å²) in [5.74, 6) is -1.29. The lowest BCUT2D eigenvalue weighted by Gasteiger charge is -2.17. The Morgan fingerprint density at radius 3 is 2.83 bits per heavy atom. The van der Waals surface area contributed by atoms with Gasteiger partial charge in [-0.2, -0.15) is 0 Å². The van der Waals surface area contributed by atoms with Gasteiger partial charge in [0.25, 0.3) is 0 Å². The molecule has 1 heterocycles. The third-order valence-corrected chi connectivity index (χ3v) is 2.59. The van der Waals surface area contributed by atoms with Crippen molar-refractivity contribution in [2.24, 2.45) is 0 Å². The summed E-state index contributed by atoms with van der Waals surface area (Å²) in [5, 5.41) is 9.50. The minimum atomic E-state index is -0.633. The molecule has 2 rings (SSSR count). The summed E-state index contributed by atoms with van der Waals surface area (Å²) in [5.41, 5.74) is 0.149. The van der Waals surface area contributed by atoms with Crippen LogP contribution in [-0.4, -0.2) is 36.2 Å². The third kappa shape index (κ3) is 3.00. The van der Waals surface area contributed by atoms with E-state index < -0.39 is 11.8 Å². The van der Waals surface area contributed by atoms with Crippen molar-refractivity contribution in [1.29, 1.82) is 0 Å². The van der Waals surface area contributed by atoms with Gasteiger partial charge in [0.1, 0.15) is 24.0 Å². The van der Waals surface area contributed by atoms with E-state index in [1.54, 1.807) is 26.0 Å². The van der Waals surface area contributed by atoms with Gasteiger partial charge in [-0.1, -0.05) is 12.1 Å². The second-order valence-electron chi connectivity index (χ2n) is 4.57. The minimum absolute atomic E-state index is 0.0913. The van der Waals surface area contributed by atoms with E-state index in [-0.39, 0.29) is 24.0 Å². The first-order valence-electron chi connectivity index (χ1n) is 5.75. The molecule has 0 saturated carbocycles. The van der Waals surface area contributed by atoms with Gasteiger partial charge in [0.05, 0.1) is 6.61 Å². The predicted molar refractivity (Wildman–Crippen MR) is 63.3 cm³/mol. The Morgan fingerprint density at radius 2 is 2.22 bits per heavy atom. The number of phenolic OH excluding ortho intramolecular Hbond substituents is 1. The number of hydrogen-bond donors (Lipinski definition) is 1. The molecule has 0 radical (unpaired) electrons. The highest BCUT2D eigenvalue weighted by Crippen LogP contribution is 2.23. The van der Waals surface area contributed by atoms with Crippen LogP contribution in [0.25, 0.3) is 0 Å². The summed E-state index contributed by atoms with van der Waals surface area (Å²) in [6.07, 6.45) is -0.269. The number of carbonyl (C=O) groups excluding carboxylic acids is 1. The van der Waals surface area contributed by atoms with Crippen molar-refractivity contribution in [3.8, 4) is 5.75 Å². The van der Waals surface area contributed by atoms with Gasteiger partial charge in [-0.05, 0) is 26.0 Å². The molecule has 5 heteroatoms. The number of rotatable bonds is 3. The van der Waals surface area contributed by atoms with E-state index >= 15 is 0 Å². The average molecular weight is 252 g/mol. The van der Waals surface area contributed by atoms with Crippen LogP contribution in [-0.2, 0) is 14.2 Å². The summed E-state index contributed by atoms with van der Waals surface area (Å²) in [6.45, 7) is 4.10. The van der Waals surface area contributed by atoms with Crippen molar-refractivity contribution >= 4 is 5.97 Å². The Hall–Kier alpha value is -1.59. The summed E-state index contributed by atoms with van der Waals surface area (Å²) in [4.78, 5) is 11.7. The fraction of sp³-hybridized carbons (Fsp3) is 0.462. The van der Waals surface area contributed by atoms with Crippen molar-refractivity contribution in [2.75, 3.05) is 13.2 Å². The van der Waals surface area contributed by atoms with E-state index in [1.165, 1.54) is 12.1 Å². The van der Waals surface area contributed by atoms with Gasteiger partial charge >= 0.3 is 5.97 Å². The first-order chi connectivity index (χ1) is 8.48. The smallest absolute Gasteiger partial charge is 0.342 e. The molecule has 1 aromatic carbocycles. The monoisotopic (exact) mass is 252 g/mol. The molecule has 1 fully saturated rings. The molecule has 5 nitrogen and oxygen atoms in total. The van der Waals surface area contributed by atoms with E-state index in [0.717, 1.165) is 0 Å². The number of esters is 1. The van der Waals surface area contributed by atoms with Crippen LogP contribution < -0.4 is 0 Å². The molecule has 1 aromatic rings.